The number of fused-ring (bicyclic) bond motifs is 2. The third-order valence-corrected chi connectivity index (χ3v) is 5.74. The van der Waals surface area contributed by atoms with E-state index < -0.39 is 0 Å². The average molecular weight is 366 g/mol. The Labute approximate surface area is 152 Å². The van der Waals surface area contributed by atoms with Gasteiger partial charge in [-0.15, -0.1) is 10.2 Å². The molecule has 2 bridgehead atoms. The molecule has 8 heteroatoms. The summed E-state index contributed by atoms with van der Waals surface area (Å²) in [6.07, 6.45) is 2.86. The number of hydrogen-bond acceptors (Lipinski definition) is 6. The highest BCUT2D eigenvalue weighted by atomic mass is 35.5. The molecule has 1 aromatic rings. The minimum Gasteiger partial charge on any atom is -0.371 e. The quantitative estimate of drug-likeness (QED) is 0.792. The first-order valence-electron chi connectivity index (χ1n) is 8.97. The van der Waals surface area contributed by atoms with E-state index in [0.29, 0.717) is 30.5 Å². The second-order valence-electron chi connectivity index (χ2n) is 7.25. The number of ether oxygens (including phenoxy) is 1. The van der Waals surface area contributed by atoms with Crippen molar-refractivity contribution in [2.75, 3.05) is 42.5 Å². The highest BCUT2D eigenvalue weighted by molar-refractivity contribution is 6.32. The molecule has 3 aliphatic heterocycles. The first kappa shape index (κ1) is 16.8. The monoisotopic (exact) mass is 365 g/mol. The number of hydrogen-bond donors (Lipinski definition) is 0. The first-order chi connectivity index (χ1) is 12.0. The van der Waals surface area contributed by atoms with E-state index in [4.69, 9.17) is 16.3 Å². The lowest BCUT2D eigenvalue weighted by Gasteiger charge is -2.41. The SMILES string of the molecule is CC(=O)N1CCN(c2cc(N3CC4CCC(C3)O4)nnc2Cl)[C@H](C)C1. The number of anilines is 2. The molecule has 136 valence electrons. The molecule has 25 heavy (non-hydrogen) atoms. The molecule has 0 N–H and O–H groups in total. The van der Waals surface area contributed by atoms with Crippen LogP contribution in [0, 0.1) is 0 Å². The second kappa shape index (κ2) is 6.61. The van der Waals surface area contributed by atoms with Gasteiger partial charge in [0.15, 0.2) is 11.0 Å². The van der Waals surface area contributed by atoms with E-state index in [-0.39, 0.29) is 11.9 Å². The Morgan fingerprint density at radius 2 is 1.92 bits per heavy atom. The number of carbonyl (C=O) groups excluding carboxylic acids is 1. The Balaban J connectivity index is 1.55. The number of aromatic nitrogens is 2. The molecule has 4 heterocycles. The van der Waals surface area contributed by atoms with Crippen molar-refractivity contribution >= 4 is 29.0 Å². The van der Waals surface area contributed by atoms with Gasteiger partial charge < -0.3 is 19.4 Å². The Bertz CT molecular complexity index is 660. The van der Waals surface area contributed by atoms with Crippen molar-refractivity contribution in [3.05, 3.63) is 11.2 Å². The van der Waals surface area contributed by atoms with E-state index in [1.54, 1.807) is 6.92 Å². The zero-order valence-corrected chi connectivity index (χ0v) is 15.4. The largest absolute Gasteiger partial charge is 0.371 e. The van der Waals surface area contributed by atoms with Crippen molar-refractivity contribution in [3.63, 3.8) is 0 Å². The van der Waals surface area contributed by atoms with Gasteiger partial charge in [-0.25, -0.2) is 0 Å². The molecule has 7 nitrogen and oxygen atoms in total. The summed E-state index contributed by atoms with van der Waals surface area (Å²) in [5.74, 6) is 0.982. The van der Waals surface area contributed by atoms with Crippen LogP contribution in [0.2, 0.25) is 5.15 Å². The van der Waals surface area contributed by atoms with Crippen LogP contribution in [-0.2, 0) is 9.53 Å². The fourth-order valence-electron chi connectivity index (χ4n) is 4.12. The number of carbonyl (C=O) groups is 1. The maximum Gasteiger partial charge on any atom is 0.219 e. The molecule has 0 radical (unpaired) electrons. The number of amides is 1. The molecule has 0 aromatic carbocycles. The van der Waals surface area contributed by atoms with Gasteiger partial charge in [-0.3, -0.25) is 4.79 Å². The first-order valence-corrected chi connectivity index (χ1v) is 9.35. The van der Waals surface area contributed by atoms with Gasteiger partial charge in [0.05, 0.1) is 17.9 Å². The maximum atomic E-state index is 11.6. The average Bonchev–Trinajstić information content (AvgIpc) is 2.93. The molecule has 0 spiro atoms. The molecule has 1 amide bonds. The smallest absolute Gasteiger partial charge is 0.219 e. The van der Waals surface area contributed by atoms with Crippen LogP contribution in [0.1, 0.15) is 26.7 Å². The lowest BCUT2D eigenvalue weighted by atomic mass is 10.1. The maximum absolute atomic E-state index is 11.6. The fourth-order valence-corrected chi connectivity index (χ4v) is 4.32. The number of morpholine rings is 1. The zero-order chi connectivity index (χ0) is 17.6. The summed E-state index contributed by atoms with van der Waals surface area (Å²) < 4.78 is 5.91. The minimum atomic E-state index is 0.120. The molecule has 0 aliphatic carbocycles. The van der Waals surface area contributed by atoms with Crippen LogP contribution in [-0.4, -0.2) is 72.0 Å². The van der Waals surface area contributed by atoms with E-state index in [1.165, 1.54) is 0 Å². The Morgan fingerprint density at radius 3 is 2.56 bits per heavy atom. The molecule has 2 unspecified atom stereocenters. The number of nitrogens with zero attached hydrogens (tertiary/aromatic N) is 5. The molecule has 3 atom stereocenters. The number of rotatable bonds is 2. The standard InChI is InChI=1S/C17H24ClN5O2/c1-11-8-21(12(2)24)5-6-23(11)15-7-16(19-20-17(15)18)22-9-13-3-4-14(10-22)25-13/h7,11,13-14H,3-6,8-10H2,1-2H3/t11-,13?,14?/m1/s1. The molecule has 0 saturated carbocycles. The van der Waals surface area contributed by atoms with Crippen molar-refractivity contribution in [3.8, 4) is 0 Å². The van der Waals surface area contributed by atoms with Crippen LogP contribution in [0.15, 0.2) is 6.07 Å². The van der Waals surface area contributed by atoms with Gasteiger partial charge in [0.1, 0.15) is 0 Å². The summed E-state index contributed by atoms with van der Waals surface area (Å²) in [6, 6.07) is 2.23. The van der Waals surface area contributed by atoms with Crippen molar-refractivity contribution < 1.29 is 9.53 Å². The van der Waals surface area contributed by atoms with Gasteiger partial charge >= 0.3 is 0 Å². The van der Waals surface area contributed by atoms with Crippen LogP contribution in [0.5, 0.6) is 0 Å². The lowest BCUT2D eigenvalue weighted by molar-refractivity contribution is -0.129. The lowest BCUT2D eigenvalue weighted by Crippen LogP contribution is -2.53. The Morgan fingerprint density at radius 1 is 1.20 bits per heavy atom. The van der Waals surface area contributed by atoms with Crippen LogP contribution in [0.25, 0.3) is 0 Å². The summed E-state index contributed by atoms with van der Waals surface area (Å²) >= 11 is 6.36. The number of piperazine rings is 1. The fraction of sp³-hybridized carbons (Fsp3) is 0.706. The normalized spacial score (nSPS) is 29.2. The summed E-state index contributed by atoms with van der Waals surface area (Å²) in [7, 11) is 0. The van der Waals surface area contributed by atoms with Crippen molar-refractivity contribution in [1.82, 2.24) is 15.1 Å². The summed E-state index contributed by atoms with van der Waals surface area (Å²) in [5, 5.41) is 8.94. The highest BCUT2D eigenvalue weighted by Crippen LogP contribution is 2.33. The van der Waals surface area contributed by atoms with Gasteiger partial charge in [-0.05, 0) is 19.8 Å². The van der Waals surface area contributed by atoms with E-state index in [1.807, 2.05) is 11.0 Å². The predicted molar refractivity (Wildman–Crippen MR) is 96.2 cm³/mol. The van der Waals surface area contributed by atoms with Gasteiger partial charge in [0.2, 0.25) is 5.91 Å². The van der Waals surface area contributed by atoms with E-state index >= 15 is 0 Å². The third kappa shape index (κ3) is 3.27. The summed E-state index contributed by atoms with van der Waals surface area (Å²) in [4.78, 5) is 18.0. The molecule has 3 saturated heterocycles. The van der Waals surface area contributed by atoms with Crippen LogP contribution in [0.3, 0.4) is 0 Å². The second-order valence-corrected chi connectivity index (χ2v) is 7.61. The van der Waals surface area contributed by atoms with E-state index in [9.17, 15) is 4.79 Å². The molecule has 1 aromatic heterocycles. The van der Waals surface area contributed by atoms with E-state index in [2.05, 4.69) is 26.9 Å². The summed E-state index contributed by atoms with van der Waals surface area (Å²) in [6.45, 7) is 7.61. The van der Waals surface area contributed by atoms with Gasteiger partial charge in [-0.2, -0.15) is 0 Å². The number of halogens is 1. The van der Waals surface area contributed by atoms with Crippen LogP contribution >= 0.6 is 11.6 Å². The van der Waals surface area contributed by atoms with Gasteiger partial charge in [0.25, 0.3) is 0 Å². The van der Waals surface area contributed by atoms with Crippen molar-refractivity contribution in [2.45, 2.75) is 44.9 Å². The topological polar surface area (TPSA) is 61.8 Å². The van der Waals surface area contributed by atoms with Crippen molar-refractivity contribution in [1.29, 1.82) is 0 Å². The van der Waals surface area contributed by atoms with Gasteiger partial charge in [-0.1, -0.05) is 11.6 Å². The zero-order valence-electron chi connectivity index (χ0n) is 14.7. The molecular weight excluding hydrogens is 342 g/mol. The minimum absolute atomic E-state index is 0.120. The Hall–Kier alpha value is -1.60. The van der Waals surface area contributed by atoms with Gasteiger partial charge in [0, 0.05) is 51.8 Å². The Kier molecular flexibility index (Phi) is 4.45. The molecule has 3 fully saturated rings. The van der Waals surface area contributed by atoms with Crippen molar-refractivity contribution in [2.24, 2.45) is 0 Å². The summed E-state index contributed by atoms with van der Waals surface area (Å²) in [5.41, 5.74) is 0.904. The van der Waals surface area contributed by atoms with Crippen LogP contribution in [0.4, 0.5) is 11.5 Å². The molecule has 4 rings (SSSR count). The van der Waals surface area contributed by atoms with E-state index in [0.717, 1.165) is 44.0 Å². The van der Waals surface area contributed by atoms with Crippen LogP contribution < -0.4 is 9.80 Å². The molecular formula is C17H24ClN5O2. The molecule has 3 aliphatic rings. The third-order valence-electron chi connectivity index (χ3n) is 5.47. The predicted octanol–water partition coefficient (Wildman–Crippen LogP) is 1.55. The highest BCUT2D eigenvalue weighted by Gasteiger charge is 2.35.